The van der Waals surface area contributed by atoms with E-state index in [-0.39, 0.29) is 46.5 Å². The van der Waals surface area contributed by atoms with Gasteiger partial charge in [-0.25, -0.2) is 0 Å². The lowest BCUT2D eigenvalue weighted by atomic mass is 9.79. The molecule has 116 valence electrons. The van der Waals surface area contributed by atoms with Crippen molar-refractivity contribution >= 4 is 33.5 Å². The number of carbonyl (C=O) groups excluding carboxylic acids is 2. The molecule has 1 aromatic rings. The van der Waals surface area contributed by atoms with Crippen LogP contribution in [0.25, 0.3) is 0 Å². The first kappa shape index (κ1) is 14.2. The predicted molar refractivity (Wildman–Crippen MR) is 85.7 cm³/mol. The molecule has 1 heterocycles. The van der Waals surface area contributed by atoms with E-state index in [4.69, 9.17) is 4.74 Å². The van der Waals surface area contributed by atoms with Gasteiger partial charge in [0.25, 0.3) is 0 Å². The summed E-state index contributed by atoms with van der Waals surface area (Å²) in [6.07, 6.45) is 0.870. The van der Waals surface area contributed by atoms with Crippen LogP contribution in [-0.4, -0.2) is 22.8 Å². The molecule has 2 bridgehead atoms. The van der Waals surface area contributed by atoms with Crippen LogP contribution in [0.4, 0.5) is 5.69 Å². The molecule has 1 N–H and O–H groups in total. The largest absolute Gasteiger partial charge is 0.461 e. The minimum absolute atomic E-state index is 0.0345. The van der Waals surface area contributed by atoms with Crippen LogP contribution < -0.4 is 5.32 Å². The highest BCUT2D eigenvalue weighted by molar-refractivity contribution is 9.09. The number of hydrogen-bond donors (Lipinski definition) is 1. The fourth-order valence-electron chi connectivity index (χ4n) is 4.60. The Kier molecular flexibility index (Phi) is 3.12. The average Bonchev–Trinajstić information content (AvgIpc) is 3.01. The molecule has 1 aliphatic heterocycles. The number of esters is 1. The number of amides is 1. The first-order valence-electron chi connectivity index (χ1n) is 7.69. The number of aryl methyl sites for hydroxylation is 2. The van der Waals surface area contributed by atoms with E-state index < -0.39 is 0 Å². The highest BCUT2D eigenvalue weighted by Gasteiger charge is 2.67. The van der Waals surface area contributed by atoms with E-state index in [1.165, 1.54) is 0 Å². The molecular formula is C17H18BrNO3. The van der Waals surface area contributed by atoms with Crippen LogP contribution in [0, 0.1) is 37.5 Å². The Morgan fingerprint density at radius 2 is 1.91 bits per heavy atom. The molecule has 4 rings (SSSR count). The van der Waals surface area contributed by atoms with Gasteiger partial charge in [-0.05, 0) is 49.4 Å². The highest BCUT2D eigenvalue weighted by Crippen LogP contribution is 2.60. The summed E-state index contributed by atoms with van der Waals surface area (Å²) >= 11 is 3.64. The van der Waals surface area contributed by atoms with E-state index in [0.717, 1.165) is 23.2 Å². The van der Waals surface area contributed by atoms with Crippen molar-refractivity contribution in [3.8, 4) is 0 Å². The van der Waals surface area contributed by atoms with Crippen molar-refractivity contribution in [3.63, 3.8) is 0 Å². The number of halogens is 1. The summed E-state index contributed by atoms with van der Waals surface area (Å²) in [6, 6.07) is 5.99. The van der Waals surface area contributed by atoms with Gasteiger partial charge in [-0.15, -0.1) is 0 Å². The lowest BCUT2D eigenvalue weighted by molar-refractivity contribution is -0.145. The van der Waals surface area contributed by atoms with Crippen LogP contribution in [0.15, 0.2) is 18.2 Å². The monoisotopic (exact) mass is 363 g/mol. The summed E-state index contributed by atoms with van der Waals surface area (Å²) in [7, 11) is 0. The third-order valence-corrected chi connectivity index (χ3v) is 6.52. The molecule has 0 spiro atoms. The van der Waals surface area contributed by atoms with Crippen molar-refractivity contribution in [2.45, 2.75) is 31.2 Å². The molecule has 5 heteroatoms. The van der Waals surface area contributed by atoms with Crippen molar-refractivity contribution in [2.24, 2.45) is 23.7 Å². The Morgan fingerprint density at radius 3 is 2.59 bits per heavy atom. The fraction of sp³-hybridized carbons (Fsp3) is 0.529. The smallest absolute Gasteiger partial charge is 0.310 e. The molecule has 0 unspecified atom stereocenters. The van der Waals surface area contributed by atoms with Crippen molar-refractivity contribution in [3.05, 3.63) is 29.3 Å². The van der Waals surface area contributed by atoms with Crippen LogP contribution in [0.5, 0.6) is 0 Å². The van der Waals surface area contributed by atoms with Crippen LogP contribution >= 0.6 is 15.9 Å². The lowest BCUT2D eigenvalue weighted by Crippen LogP contribution is -2.40. The Labute approximate surface area is 137 Å². The standard InChI is InChI=1S/C17H18BrNO3/c1-7-3-8(2)5-9(4-7)19-16(20)12-10-6-11-13(12)17(21)22-15(11)14(10)18/h3-5,10-15H,6H2,1-2H3,(H,19,20)/t10-,11-,12-,13-,14+,15+/m1/s1. The summed E-state index contributed by atoms with van der Waals surface area (Å²) in [5.41, 5.74) is 3.03. The third kappa shape index (κ3) is 1.94. The fourth-order valence-corrected chi connectivity index (χ4v) is 5.65. The van der Waals surface area contributed by atoms with Crippen LogP contribution in [0.3, 0.4) is 0 Å². The molecule has 1 amide bonds. The minimum atomic E-state index is -0.276. The molecule has 0 radical (unpaired) electrons. The minimum Gasteiger partial charge on any atom is -0.461 e. The highest BCUT2D eigenvalue weighted by atomic mass is 79.9. The molecule has 1 saturated heterocycles. The first-order chi connectivity index (χ1) is 10.5. The molecule has 3 aliphatic rings. The molecule has 22 heavy (non-hydrogen) atoms. The zero-order valence-corrected chi connectivity index (χ0v) is 14.1. The number of hydrogen-bond acceptors (Lipinski definition) is 3. The maximum absolute atomic E-state index is 12.8. The Hall–Kier alpha value is -1.36. The number of nitrogens with one attached hydrogen (secondary N) is 1. The maximum atomic E-state index is 12.8. The van der Waals surface area contributed by atoms with Gasteiger partial charge in [0, 0.05) is 11.6 Å². The maximum Gasteiger partial charge on any atom is 0.310 e. The van der Waals surface area contributed by atoms with E-state index in [1.807, 2.05) is 26.0 Å². The number of alkyl halides is 1. The molecule has 0 aromatic heterocycles. The van der Waals surface area contributed by atoms with Gasteiger partial charge in [-0.2, -0.15) is 0 Å². The van der Waals surface area contributed by atoms with Crippen LogP contribution in [0.1, 0.15) is 17.5 Å². The molecule has 2 saturated carbocycles. The second-order valence-electron chi connectivity index (χ2n) is 6.83. The van der Waals surface area contributed by atoms with E-state index in [1.54, 1.807) is 0 Å². The van der Waals surface area contributed by atoms with Crippen molar-refractivity contribution in [1.82, 2.24) is 0 Å². The molecule has 3 fully saturated rings. The van der Waals surface area contributed by atoms with Crippen LogP contribution in [-0.2, 0) is 14.3 Å². The van der Waals surface area contributed by atoms with Crippen molar-refractivity contribution in [1.29, 1.82) is 0 Å². The molecular weight excluding hydrogens is 346 g/mol. The number of carbonyl (C=O) groups is 2. The van der Waals surface area contributed by atoms with Crippen molar-refractivity contribution in [2.75, 3.05) is 5.32 Å². The summed E-state index contributed by atoms with van der Waals surface area (Å²) in [5.74, 6) is -0.380. The van der Waals surface area contributed by atoms with Gasteiger partial charge in [0.1, 0.15) is 6.10 Å². The third-order valence-electron chi connectivity index (χ3n) is 5.32. The number of benzene rings is 1. The van der Waals surface area contributed by atoms with E-state index in [0.29, 0.717) is 0 Å². The molecule has 2 aliphatic carbocycles. The Balaban J connectivity index is 1.59. The summed E-state index contributed by atoms with van der Waals surface area (Å²) in [4.78, 5) is 25.0. The van der Waals surface area contributed by atoms with E-state index in [9.17, 15) is 9.59 Å². The number of fused-ring (bicyclic) bond motifs is 1. The first-order valence-corrected chi connectivity index (χ1v) is 8.61. The van der Waals surface area contributed by atoms with Gasteiger partial charge >= 0.3 is 5.97 Å². The van der Waals surface area contributed by atoms with E-state index >= 15 is 0 Å². The van der Waals surface area contributed by atoms with Gasteiger partial charge in [0.15, 0.2) is 0 Å². The van der Waals surface area contributed by atoms with Crippen LogP contribution in [0.2, 0.25) is 0 Å². The molecule has 1 aromatic carbocycles. The van der Waals surface area contributed by atoms with Gasteiger partial charge in [0.05, 0.1) is 16.7 Å². The molecule has 6 atom stereocenters. The predicted octanol–water partition coefficient (Wildman–Crippen LogP) is 2.81. The summed E-state index contributed by atoms with van der Waals surface area (Å²) in [5, 5.41) is 3.01. The van der Waals surface area contributed by atoms with Crippen molar-refractivity contribution < 1.29 is 14.3 Å². The quantitative estimate of drug-likeness (QED) is 0.649. The second-order valence-corrected chi connectivity index (χ2v) is 7.88. The molecule has 4 nitrogen and oxygen atoms in total. The SMILES string of the molecule is Cc1cc(C)cc(NC(=O)[C@@H]2[C@H]3C[C@H]4[C@H](OC(=O)[C@H]42)[C@H]3Br)c1. The topological polar surface area (TPSA) is 55.4 Å². The summed E-state index contributed by atoms with van der Waals surface area (Å²) in [6.45, 7) is 4.02. The number of rotatable bonds is 2. The van der Waals surface area contributed by atoms with Gasteiger partial charge in [-0.1, -0.05) is 22.0 Å². The zero-order valence-electron chi connectivity index (χ0n) is 12.5. The average molecular weight is 364 g/mol. The zero-order chi connectivity index (χ0) is 15.6. The van der Waals surface area contributed by atoms with E-state index in [2.05, 4.69) is 27.3 Å². The van der Waals surface area contributed by atoms with Gasteiger partial charge in [-0.3, -0.25) is 9.59 Å². The normalized spacial score (nSPS) is 38.2. The number of ether oxygens (including phenoxy) is 1. The Morgan fingerprint density at radius 1 is 1.23 bits per heavy atom. The number of anilines is 1. The lowest BCUT2D eigenvalue weighted by Gasteiger charge is -2.27. The van der Waals surface area contributed by atoms with Gasteiger partial charge < -0.3 is 10.1 Å². The van der Waals surface area contributed by atoms with Gasteiger partial charge in [0.2, 0.25) is 5.91 Å². The summed E-state index contributed by atoms with van der Waals surface area (Å²) < 4.78 is 5.45. The second kappa shape index (κ2) is 4.82. The Bertz CT molecular complexity index is 654.